The Morgan fingerprint density at radius 1 is 1.03 bits per heavy atom. The zero-order valence-corrected chi connectivity index (χ0v) is 21.2. The summed E-state index contributed by atoms with van der Waals surface area (Å²) in [5.74, 6) is 0.916. The molecule has 3 atom stereocenters. The van der Waals surface area contributed by atoms with Gasteiger partial charge in [-0.1, -0.05) is 57.7 Å². The molecule has 5 rings (SSSR count). The van der Waals surface area contributed by atoms with Crippen LogP contribution in [0.15, 0.2) is 24.3 Å². The van der Waals surface area contributed by atoms with Gasteiger partial charge in [-0.15, -0.1) is 0 Å². The second-order valence-electron chi connectivity index (χ2n) is 11.7. The predicted molar refractivity (Wildman–Crippen MR) is 136 cm³/mol. The number of piperidine rings is 2. The van der Waals surface area contributed by atoms with Crippen molar-refractivity contribution in [1.82, 2.24) is 15.1 Å². The van der Waals surface area contributed by atoms with Crippen LogP contribution < -0.4 is 5.32 Å². The van der Waals surface area contributed by atoms with Gasteiger partial charge in [0.25, 0.3) is 5.91 Å². The lowest BCUT2D eigenvalue weighted by Crippen LogP contribution is -2.63. The highest BCUT2D eigenvalue weighted by Crippen LogP contribution is 2.49. The summed E-state index contributed by atoms with van der Waals surface area (Å²) in [7, 11) is 0. The number of carbonyl (C=O) groups is 2. The molecule has 4 aliphatic rings. The molecule has 0 aromatic heterocycles. The third kappa shape index (κ3) is 4.29. The molecule has 0 radical (unpaired) electrons. The highest BCUT2D eigenvalue weighted by Gasteiger charge is 2.54. The van der Waals surface area contributed by atoms with Gasteiger partial charge >= 0.3 is 0 Å². The molecular weight excluding hydrogens is 422 g/mol. The number of nitrogens with one attached hydrogen (secondary N) is 1. The van der Waals surface area contributed by atoms with Gasteiger partial charge in [-0.2, -0.15) is 0 Å². The van der Waals surface area contributed by atoms with Gasteiger partial charge in [-0.25, -0.2) is 0 Å². The van der Waals surface area contributed by atoms with Gasteiger partial charge in [0.1, 0.15) is 0 Å². The summed E-state index contributed by atoms with van der Waals surface area (Å²) in [6.07, 6.45) is 11.6. The molecule has 186 valence electrons. The van der Waals surface area contributed by atoms with Crippen LogP contribution in [0, 0.1) is 11.8 Å². The van der Waals surface area contributed by atoms with Crippen LogP contribution in [0.1, 0.15) is 99.9 Å². The number of benzene rings is 1. The summed E-state index contributed by atoms with van der Waals surface area (Å²) in [6.45, 7) is 8.29. The Hall–Kier alpha value is -1.88. The third-order valence-electron chi connectivity index (χ3n) is 9.12. The van der Waals surface area contributed by atoms with Gasteiger partial charge in [0.2, 0.25) is 5.91 Å². The first-order valence-corrected chi connectivity index (χ1v) is 13.9. The molecule has 3 fully saturated rings. The fraction of sp³-hybridized carbons (Fsp3) is 0.724. The molecule has 1 aromatic rings. The summed E-state index contributed by atoms with van der Waals surface area (Å²) in [5, 5.41) is 3.45. The van der Waals surface area contributed by atoms with E-state index in [0.717, 1.165) is 49.9 Å². The lowest BCUT2D eigenvalue weighted by Gasteiger charge is -2.54. The molecule has 1 spiro atoms. The number of nitrogens with zero attached hydrogens (tertiary/aromatic N) is 2. The average Bonchev–Trinajstić information content (AvgIpc) is 2.86. The first-order chi connectivity index (χ1) is 16.5. The summed E-state index contributed by atoms with van der Waals surface area (Å²) in [5.41, 5.74) is 1.30. The van der Waals surface area contributed by atoms with E-state index in [4.69, 9.17) is 0 Å². The van der Waals surface area contributed by atoms with Gasteiger partial charge in [-0.05, 0) is 75.1 Å². The third-order valence-corrected chi connectivity index (χ3v) is 9.12. The predicted octanol–water partition coefficient (Wildman–Crippen LogP) is 4.97. The van der Waals surface area contributed by atoms with Gasteiger partial charge in [0.05, 0.1) is 11.5 Å². The quantitative estimate of drug-likeness (QED) is 0.668. The van der Waals surface area contributed by atoms with Gasteiger partial charge in [-0.3, -0.25) is 9.59 Å². The van der Waals surface area contributed by atoms with Crippen LogP contribution in [-0.2, 0) is 4.79 Å². The Bertz CT molecular complexity index is 889. The summed E-state index contributed by atoms with van der Waals surface area (Å²) in [4.78, 5) is 32.6. The number of hydrogen-bond donors (Lipinski definition) is 1. The zero-order valence-electron chi connectivity index (χ0n) is 21.2. The molecule has 1 aromatic carbocycles. The molecule has 1 saturated carbocycles. The number of hydrogen-bond acceptors (Lipinski definition) is 3. The van der Waals surface area contributed by atoms with Crippen LogP contribution in [0.25, 0.3) is 0 Å². The average molecular weight is 466 g/mol. The van der Waals surface area contributed by atoms with Crippen LogP contribution >= 0.6 is 0 Å². The minimum atomic E-state index is -0.387. The van der Waals surface area contributed by atoms with Crippen molar-refractivity contribution < 1.29 is 9.59 Å². The van der Waals surface area contributed by atoms with E-state index in [1.807, 2.05) is 24.3 Å². The van der Waals surface area contributed by atoms with Gasteiger partial charge in [0, 0.05) is 24.7 Å². The van der Waals surface area contributed by atoms with Crippen molar-refractivity contribution in [2.45, 2.75) is 95.6 Å². The SMILES string of the molecule is CC(C)CN1C(=O)c2ccccc2C(C(=O)NCC2CCCN3CCCCC23)C12CCCCC2. The number of amides is 2. The molecule has 34 heavy (non-hydrogen) atoms. The molecule has 2 saturated heterocycles. The van der Waals surface area contributed by atoms with Crippen LogP contribution in [0.4, 0.5) is 0 Å². The Kier molecular flexibility index (Phi) is 7.02. The maximum absolute atomic E-state index is 14.1. The lowest BCUT2D eigenvalue weighted by molar-refractivity contribution is -0.128. The second-order valence-corrected chi connectivity index (χ2v) is 11.7. The summed E-state index contributed by atoms with van der Waals surface area (Å²) in [6, 6.07) is 8.55. The van der Waals surface area contributed by atoms with Crippen molar-refractivity contribution in [3.63, 3.8) is 0 Å². The molecule has 5 heteroatoms. The second kappa shape index (κ2) is 10.0. The number of fused-ring (bicyclic) bond motifs is 2. The van der Waals surface area contributed by atoms with Crippen LogP contribution in [-0.4, -0.2) is 59.4 Å². The largest absolute Gasteiger partial charge is 0.355 e. The van der Waals surface area contributed by atoms with Crippen molar-refractivity contribution in [3.8, 4) is 0 Å². The van der Waals surface area contributed by atoms with E-state index in [-0.39, 0.29) is 23.3 Å². The molecule has 3 unspecified atom stereocenters. The molecule has 1 aliphatic carbocycles. The standard InChI is InChI=1S/C29H43N3O2/c1-21(2)20-32-28(34)24-13-5-4-12-23(24)26(29(32)15-7-3-8-16-29)27(33)30-19-22-11-10-18-31-17-9-6-14-25(22)31/h4-5,12-13,21-22,25-26H,3,6-11,14-20H2,1-2H3,(H,30,33). The molecular formula is C29H43N3O2. The zero-order chi connectivity index (χ0) is 23.7. The van der Waals surface area contributed by atoms with Crippen molar-refractivity contribution in [1.29, 1.82) is 0 Å². The molecule has 3 aliphatic heterocycles. The number of rotatable bonds is 5. The van der Waals surface area contributed by atoms with E-state index in [9.17, 15) is 9.59 Å². The summed E-state index contributed by atoms with van der Waals surface area (Å²) >= 11 is 0. The molecule has 0 bridgehead atoms. The van der Waals surface area contributed by atoms with E-state index in [1.54, 1.807) is 0 Å². The van der Waals surface area contributed by atoms with Gasteiger partial charge < -0.3 is 15.1 Å². The Morgan fingerprint density at radius 3 is 2.59 bits per heavy atom. The van der Waals surface area contributed by atoms with Crippen LogP contribution in [0.5, 0.6) is 0 Å². The lowest BCUT2D eigenvalue weighted by atomic mass is 9.65. The first-order valence-electron chi connectivity index (χ1n) is 13.9. The molecule has 3 heterocycles. The normalized spacial score (nSPS) is 29.1. The van der Waals surface area contributed by atoms with E-state index >= 15 is 0 Å². The maximum Gasteiger partial charge on any atom is 0.254 e. The van der Waals surface area contributed by atoms with Crippen LogP contribution in [0.3, 0.4) is 0 Å². The van der Waals surface area contributed by atoms with E-state index in [0.29, 0.717) is 17.9 Å². The molecule has 5 nitrogen and oxygen atoms in total. The van der Waals surface area contributed by atoms with Gasteiger partial charge in [0.15, 0.2) is 0 Å². The van der Waals surface area contributed by atoms with E-state index in [2.05, 4.69) is 29.0 Å². The van der Waals surface area contributed by atoms with E-state index in [1.165, 1.54) is 51.6 Å². The van der Waals surface area contributed by atoms with Crippen molar-refractivity contribution in [2.24, 2.45) is 11.8 Å². The molecule has 2 amide bonds. The first kappa shape index (κ1) is 23.8. The topological polar surface area (TPSA) is 52.7 Å². The Balaban J connectivity index is 1.44. The fourth-order valence-corrected chi connectivity index (χ4v) is 7.62. The van der Waals surface area contributed by atoms with Crippen LogP contribution in [0.2, 0.25) is 0 Å². The maximum atomic E-state index is 14.1. The van der Waals surface area contributed by atoms with Crippen molar-refractivity contribution >= 4 is 11.8 Å². The Morgan fingerprint density at radius 2 is 1.79 bits per heavy atom. The van der Waals surface area contributed by atoms with E-state index < -0.39 is 0 Å². The highest BCUT2D eigenvalue weighted by atomic mass is 16.2. The summed E-state index contributed by atoms with van der Waals surface area (Å²) < 4.78 is 0. The minimum absolute atomic E-state index is 0.125. The van der Waals surface area contributed by atoms with Crippen molar-refractivity contribution in [2.75, 3.05) is 26.2 Å². The fourth-order valence-electron chi connectivity index (χ4n) is 7.62. The Labute approximate surface area is 205 Å². The molecule has 1 N–H and O–H groups in total. The highest BCUT2D eigenvalue weighted by molar-refractivity contribution is 6.02. The monoisotopic (exact) mass is 465 g/mol. The smallest absolute Gasteiger partial charge is 0.254 e. The number of carbonyl (C=O) groups excluding carboxylic acids is 2. The minimum Gasteiger partial charge on any atom is -0.355 e. The van der Waals surface area contributed by atoms with Crippen molar-refractivity contribution in [3.05, 3.63) is 35.4 Å².